The van der Waals surface area contributed by atoms with Crippen LogP contribution in [-0.2, 0) is 10.9 Å². The van der Waals surface area contributed by atoms with Gasteiger partial charge in [-0.3, -0.25) is 14.9 Å². The summed E-state index contributed by atoms with van der Waals surface area (Å²) in [6, 6.07) is 16.2. The molecular weight excluding hydrogens is 519 g/mol. The Morgan fingerprint density at radius 1 is 1.05 bits per heavy atom. The third-order valence-corrected chi connectivity index (χ3v) is 5.41. The number of rotatable bonds is 10. The van der Waals surface area contributed by atoms with Gasteiger partial charge in [0.25, 0.3) is 11.6 Å². The Morgan fingerprint density at radius 2 is 1.77 bits per heavy atom. The standard InChI is InChI=1S/C26H22F3N5O5/c1-2-38-14-15-39-25-31-23(17-6-8-19(9-7-17)26(27,28)29)33(32-25)21-12-10-20(11-13-21)30-24(35)18-4-3-5-22(16-18)34(36)37/h3-13,16H,2,14-15H2,1H3,(H,30,35). The van der Waals surface area contributed by atoms with Crippen LogP contribution >= 0.6 is 0 Å². The van der Waals surface area contributed by atoms with Gasteiger partial charge >= 0.3 is 12.2 Å². The van der Waals surface area contributed by atoms with Crippen LogP contribution in [0.25, 0.3) is 17.1 Å². The predicted molar refractivity (Wildman–Crippen MR) is 135 cm³/mol. The van der Waals surface area contributed by atoms with Crippen LogP contribution in [0.5, 0.6) is 6.01 Å². The molecular formula is C26H22F3N5O5. The number of aromatic nitrogens is 3. The van der Waals surface area contributed by atoms with Gasteiger partial charge in [-0.05, 0) is 49.4 Å². The fourth-order valence-corrected chi connectivity index (χ4v) is 3.52. The Bertz CT molecular complexity index is 1450. The third-order valence-electron chi connectivity index (χ3n) is 5.41. The number of anilines is 1. The quantitative estimate of drug-likeness (QED) is 0.159. The van der Waals surface area contributed by atoms with Crippen LogP contribution < -0.4 is 10.1 Å². The first-order valence-corrected chi connectivity index (χ1v) is 11.7. The van der Waals surface area contributed by atoms with Crippen molar-refractivity contribution in [1.29, 1.82) is 0 Å². The van der Waals surface area contributed by atoms with Crippen LogP contribution in [0.15, 0.2) is 72.8 Å². The maximum absolute atomic E-state index is 13.0. The lowest BCUT2D eigenvalue weighted by atomic mass is 10.1. The lowest BCUT2D eigenvalue weighted by Crippen LogP contribution is -2.12. The van der Waals surface area contributed by atoms with Gasteiger partial charge in [-0.1, -0.05) is 18.2 Å². The molecule has 1 amide bonds. The van der Waals surface area contributed by atoms with E-state index in [1.807, 2.05) is 6.92 Å². The van der Waals surface area contributed by atoms with Crippen molar-refractivity contribution in [2.24, 2.45) is 0 Å². The summed E-state index contributed by atoms with van der Waals surface area (Å²) in [4.78, 5) is 27.3. The molecule has 4 rings (SSSR count). The van der Waals surface area contributed by atoms with E-state index in [1.54, 1.807) is 24.3 Å². The lowest BCUT2D eigenvalue weighted by molar-refractivity contribution is -0.384. The molecule has 1 N–H and O–H groups in total. The largest absolute Gasteiger partial charge is 0.460 e. The monoisotopic (exact) mass is 541 g/mol. The topological polar surface area (TPSA) is 121 Å². The maximum atomic E-state index is 13.0. The molecule has 10 nitrogen and oxygen atoms in total. The molecule has 0 radical (unpaired) electrons. The zero-order valence-electron chi connectivity index (χ0n) is 20.5. The number of alkyl halides is 3. The number of hydrogen-bond acceptors (Lipinski definition) is 7. The first-order valence-electron chi connectivity index (χ1n) is 11.7. The van der Waals surface area contributed by atoms with E-state index < -0.39 is 22.6 Å². The van der Waals surface area contributed by atoms with Crippen molar-refractivity contribution in [3.05, 3.63) is 94.0 Å². The van der Waals surface area contributed by atoms with Crippen molar-refractivity contribution in [3.63, 3.8) is 0 Å². The van der Waals surface area contributed by atoms with Crippen LogP contribution in [0.3, 0.4) is 0 Å². The smallest absolute Gasteiger partial charge is 0.416 e. The maximum Gasteiger partial charge on any atom is 0.416 e. The molecule has 3 aromatic carbocycles. The Balaban J connectivity index is 1.59. The molecule has 1 heterocycles. The van der Waals surface area contributed by atoms with E-state index in [0.717, 1.165) is 12.1 Å². The summed E-state index contributed by atoms with van der Waals surface area (Å²) in [6.07, 6.45) is -4.48. The van der Waals surface area contributed by atoms with Crippen molar-refractivity contribution in [2.75, 3.05) is 25.1 Å². The molecule has 39 heavy (non-hydrogen) atoms. The van der Waals surface area contributed by atoms with Gasteiger partial charge in [0.05, 0.1) is 22.8 Å². The number of nitro benzene ring substituents is 1. The SMILES string of the molecule is CCOCCOc1nc(-c2ccc(C(F)(F)F)cc2)n(-c2ccc(NC(=O)c3cccc([N+](=O)[O-])c3)cc2)n1. The molecule has 202 valence electrons. The number of halogens is 3. The second kappa shape index (κ2) is 11.7. The van der Waals surface area contributed by atoms with Crippen LogP contribution in [0.4, 0.5) is 24.5 Å². The number of carbonyl (C=O) groups is 1. The van der Waals surface area contributed by atoms with Crippen LogP contribution in [0, 0.1) is 10.1 Å². The minimum absolute atomic E-state index is 0.00709. The van der Waals surface area contributed by atoms with Gasteiger partial charge in [-0.25, -0.2) is 4.68 Å². The molecule has 13 heteroatoms. The summed E-state index contributed by atoms with van der Waals surface area (Å²) in [5.41, 5.74) is 0.375. The summed E-state index contributed by atoms with van der Waals surface area (Å²) in [7, 11) is 0. The van der Waals surface area contributed by atoms with Gasteiger partial charge in [0.15, 0.2) is 5.82 Å². The second-order valence-electron chi connectivity index (χ2n) is 8.06. The van der Waals surface area contributed by atoms with Gasteiger partial charge in [0, 0.05) is 35.6 Å². The number of benzene rings is 3. The van der Waals surface area contributed by atoms with E-state index in [0.29, 0.717) is 30.2 Å². The van der Waals surface area contributed by atoms with Gasteiger partial charge in [-0.15, -0.1) is 5.10 Å². The third kappa shape index (κ3) is 6.76. The molecule has 0 spiro atoms. The van der Waals surface area contributed by atoms with Crippen molar-refractivity contribution in [3.8, 4) is 23.1 Å². The highest BCUT2D eigenvalue weighted by Gasteiger charge is 2.30. The Kier molecular flexibility index (Phi) is 8.20. The van der Waals surface area contributed by atoms with Crippen molar-refractivity contribution < 1.29 is 32.4 Å². The van der Waals surface area contributed by atoms with Crippen molar-refractivity contribution in [1.82, 2.24) is 14.8 Å². The zero-order chi connectivity index (χ0) is 28.0. The normalized spacial score (nSPS) is 11.3. The molecule has 1 aromatic heterocycles. The highest BCUT2D eigenvalue weighted by molar-refractivity contribution is 6.04. The Labute approximate surface area is 220 Å². The summed E-state index contributed by atoms with van der Waals surface area (Å²) in [5, 5.41) is 18.0. The fourth-order valence-electron chi connectivity index (χ4n) is 3.52. The van der Waals surface area contributed by atoms with Gasteiger partial charge in [-0.2, -0.15) is 18.2 Å². The molecule has 0 saturated carbocycles. The average molecular weight is 541 g/mol. The van der Waals surface area contributed by atoms with E-state index in [1.165, 1.54) is 41.1 Å². The summed E-state index contributed by atoms with van der Waals surface area (Å²) in [5.74, 6) is -0.300. The Morgan fingerprint density at radius 3 is 2.41 bits per heavy atom. The van der Waals surface area contributed by atoms with E-state index in [2.05, 4.69) is 15.4 Å². The van der Waals surface area contributed by atoms with E-state index in [4.69, 9.17) is 9.47 Å². The predicted octanol–water partition coefficient (Wildman–Crippen LogP) is 5.53. The number of nitro groups is 1. The molecule has 0 aliphatic carbocycles. The second-order valence-corrected chi connectivity index (χ2v) is 8.06. The molecule has 0 fully saturated rings. The highest BCUT2D eigenvalue weighted by Crippen LogP contribution is 2.31. The Hall–Kier alpha value is -4.78. The molecule has 0 aliphatic rings. The van der Waals surface area contributed by atoms with E-state index in [9.17, 15) is 28.1 Å². The van der Waals surface area contributed by atoms with Crippen molar-refractivity contribution >= 4 is 17.3 Å². The number of amides is 1. The number of nitrogens with one attached hydrogen (secondary N) is 1. The minimum atomic E-state index is -4.48. The zero-order valence-corrected chi connectivity index (χ0v) is 20.5. The molecule has 0 aliphatic heterocycles. The van der Waals surface area contributed by atoms with Crippen LogP contribution in [0.1, 0.15) is 22.8 Å². The summed E-state index contributed by atoms with van der Waals surface area (Å²) in [6.45, 7) is 2.82. The molecule has 0 saturated heterocycles. The van der Waals surface area contributed by atoms with Crippen molar-refractivity contribution in [2.45, 2.75) is 13.1 Å². The molecule has 4 aromatic rings. The van der Waals surface area contributed by atoms with E-state index in [-0.39, 0.29) is 29.7 Å². The average Bonchev–Trinajstić information content (AvgIpc) is 3.35. The molecule has 0 bridgehead atoms. The van der Waals surface area contributed by atoms with Crippen LogP contribution in [0.2, 0.25) is 0 Å². The van der Waals surface area contributed by atoms with Crippen LogP contribution in [-0.4, -0.2) is 45.4 Å². The highest BCUT2D eigenvalue weighted by atomic mass is 19.4. The fraction of sp³-hybridized carbons (Fsp3) is 0.192. The number of carbonyl (C=O) groups excluding carboxylic acids is 1. The number of non-ortho nitro benzene ring substituents is 1. The van der Waals surface area contributed by atoms with Gasteiger partial charge in [0.2, 0.25) is 0 Å². The number of nitrogens with zero attached hydrogens (tertiary/aromatic N) is 4. The number of hydrogen-bond donors (Lipinski definition) is 1. The summed E-state index contributed by atoms with van der Waals surface area (Å²) >= 11 is 0. The summed E-state index contributed by atoms with van der Waals surface area (Å²) < 4.78 is 51.3. The molecule has 0 unspecified atom stereocenters. The minimum Gasteiger partial charge on any atom is -0.460 e. The lowest BCUT2D eigenvalue weighted by Gasteiger charge is -2.10. The van der Waals surface area contributed by atoms with Gasteiger partial charge in [0.1, 0.15) is 6.61 Å². The van der Waals surface area contributed by atoms with Gasteiger partial charge < -0.3 is 14.8 Å². The van der Waals surface area contributed by atoms with E-state index >= 15 is 0 Å². The molecule has 0 atom stereocenters. The first-order chi connectivity index (χ1) is 18.7. The first kappa shape index (κ1) is 27.3. The number of ether oxygens (including phenoxy) is 2.